The van der Waals surface area contributed by atoms with Crippen molar-refractivity contribution in [2.45, 2.75) is 23.9 Å². The van der Waals surface area contributed by atoms with Crippen LogP contribution in [0.5, 0.6) is 0 Å². The molecule has 1 aromatic rings. The molecule has 0 atom stereocenters. The maximum Gasteiger partial charge on any atom is 0.418 e. The van der Waals surface area contributed by atoms with Gasteiger partial charge in [-0.2, -0.15) is 21.6 Å². The number of unbranched alkanes of at least 4 members (excludes halogenated alkanes) is 1. The number of rotatable bonds is 7. The molecule has 0 aliphatic heterocycles. The first kappa shape index (κ1) is 19.7. The average molecular weight is 376 g/mol. The molecule has 0 saturated carbocycles. The van der Waals surface area contributed by atoms with Crippen LogP contribution in [0, 0.1) is 0 Å². The van der Waals surface area contributed by atoms with E-state index in [2.05, 4.69) is 0 Å². The molecular formula is C11H15F3N2O5S2. The van der Waals surface area contributed by atoms with Crippen LogP contribution in [-0.4, -0.2) is 33.7 Å². The summed E-state index contributed by atoms with van der Waals surface area (Å²) in [6.45, 7) is -0.191. The Bertz CT molecular complexity index is 760. The Morgan fingerprint density at radius 1 is 1.13 bits per heavy atom. The fourth-order valence-corrected chi connectivity index (χ4v) is 3.32. The monoisotopic (exact) mass is 376 g/mol. The average Bonchev–Trinajstić information content (AvgIpc) is 2.35. The van der Waals surface area contributed by atoms with E-state index in [0.717, 1.165) is 12.1 Å². The first-order chi connectivity index (χ1) is 10.3. The van der Waals surface area contributed by atoms with Crippen LogP contribution in [0.15, 0.2) is 23.1 Å². The zero-order valence-corrected chi connectivity index (χ0v) is 13.3. The molecule has 0 bridgehead atoms. The fraction of sp³-hybridized carbons (Fsp3) is 0.455. The number of nitrogen functional groups attached to an aromatic ring is 1. The summed E-state index contributed by atoms with van der Waals surface area (Å²) in [5.74, 6) is -0.533. The van der Waals surface area contributed by atoms with Crippen LogP contribution in [0.2, 0.25) is 0 Å². The quantitative estimate of drug-likeness (QED) is 0.373. The molecule has 0 fully saturated rings. The number of anilines is 1. The van der Waals surface area contributed by atoms with Crippen molar-refractivity contribution in [1.29, 1.82) is 0 Å². The van der Waals surface area contributed by atoms with E-state index in [0.29, 0.717) is 6.07 Å². The number of nitrogens with two attached hydrogens (primary N) is 1. The molecule has 23 heavy (non-hydrogen) atoms. The van der Waals surface area contributed by atoms with Gasteiger partial charge in [0.05, 0.1) is 16.2 Å². The smallest absolute Gasteiger partial charge is 0.398 e. The third-order valence-corrected chi connectivity index (χ3v) is 5.02. The summed E-state index contributed by atoms with van der Waals surface area (Å²) in [7, 11) is -8.33. The van der Waals surface area contributed by atoms with Crippen LogP contribution >= 0.6 is 0 Å². The molecule has 0 aliphatic rings. The number of halogens is 3. The van der Waals surface area contributed by atoms with Gasteiger partial charge in [-0.25, -0.2) is 13.1 Å². The van der Waals surface area contributed by atoms with Crippen molar-refractivity contribution >= 4 is 25.8 Å². The zero-order valence-electron chi connectivity index (χ0n) is 11.7. The van der Waals surface area contributed by atoms with Crippen molar-refractivity contribution in [2.75, 3.05) is 18.0 Å². The summed E-state index contributed by atoms with van der Waals surface area (Å²) < 4.78 is 93.4. The Kier molecular flexibility index (Phi) is 6.01. The summed E-state index contributed by atoms with van der Waals surface area (Å²) in [4.78, 5) is -0.603. The lowest BCUT2D eigenvalue weighted by Gasteiger charge is -2.12. The van der Waals surface area contributed by atoms with E-state index >= 15 is 0 Å². The van der Waals surface area contributed by atoms with Crippen LogP contribution in [0.4, 0.5) is 18.9 Å². The second kappa shape index (κ2) is 7.03. The lowest BCUT2D eigenvalue weighted by atomic mass is 10.2. The van der Waals surface area contributed by atoms with E-state index in [1.165, 1.54) is 0 Å². The van der Waals surface area contributed by atoms with Gasteiger partial charge < -0.3 is 5.73 Å². The highest BCUT2D eigenvalue weighted by Crippen LogP contribution is 2.34. The van der Waals surface area contributed by atoms with Crippen molar-refractivity contribution in [3.63, 3.8) is 0 Å². The first-order valence-corrected chi connectivity index (χ1v) is 9.34. The Labute approximate surface area is 131 Å². The number of alkyl halides is 3. The molecule has 0 saturated heterocycles. The molecule has 0 heterocycles. The van der Waals surface area contributed by atoms with E-state index in [9.17, 15) is 30.0 Å². The van der Waals surface area contributed by atoms with Crippen LogP contribution in [-0.2, 0) is 26.3 Å². The molecule has 4 N–H and O–H groups in total. The van der Waals surface area contributed by atoms with Crippen molar-refractivity contribution in [1.82, 2.24) is 4.72 Å². The lowest BCUT2D eigenvalue weighted by Crippen LogP contribution is -2.25. The fourth-order valence-electron chi connectivity index (χ4n) is 1.65. The maximum atomic E-state index is 12.7. The standard InChI is InChI=1S/C11H15F3N2O5S2/c12-11(13,14)9-7-8(3-4-10(9)15)23(20,21)16-5-1-2-6-22(17,18)19/h3-4,7,16H,1-2,5-6,15H2,(H,17,18,19). The van der Waals surface area contributed by atoms with E-state index in [1.54, 1.807) is 0 Å². The Hall–Kier alpha value is -1.37. The van der Waals surface area contributed by atoms with Gasteiger partial charge in [0.15, 0.2) is 0 Å². The van der Waals surface area contributed by atoms with Gasteiger partial charge in [-0.1, -0.05) is 0 Å². The molecular weight excluding hydrogens is 361 g/mol. The largest absolute Gasteiger partial charge is 0.418 e. The van der Waals surface area contributed by atoms with Crippen LogP contribution in [0.3, 0.4) is 0 Å². The minimum Gasteiger partial charge on any atom is -0.398 e. The van der Waals surface area contributed by atoms with Crippen molar-refractivity contribution < 1.29 is 34.6 Å². The third-order valence-electron chi connectivity index (χ3n) is 2.76. The minimum absolute atomic E-state index is 0.00308. The Balaban J connectivity index is 2.78. The molecule has 0 aliphatic carbocycles. The van der Waals surface area contributed by atoms with Gasteiger partial charge in [-0.3, -0.25) is 4.55 Å². The summed E-state index contributed by atoms with van der Waals surface area (Å²) in [5.41, 5.74) is 3.33. The van der Waals surface area contributed by atoms with Gasteiger partial charge in [0.1, 0.15) is 0 Å². The lowest BCUT2D eigenvalue weighted by molar-refractivity contribution is -0.137. The van der Waals surface area contributed by atoms with Crippen LogP contribution < -0.4 is 10.5 Å². The van der Waals surface area contributed by atoms with Crippen molar-refractivity contribution in [3.05, 3.63) is 23.8 Å². The molecule has 0 unspecified atom stereocenters. The highest BCUT2D eigenvalue weighted by molar-refractivity contribution is 7.89. The number of sulfonamides is 1. The van der Waals surface area contributed by atoms with Gasteiger partial charge in [-0.15, -0.1) is 0 Å². The van der Waals surface area contributed by atoms with E-state index in [1.807, 2.05) is 4.72 Å². The molecule has 132 valence electrons. The molecule has 1 aromatic carbocycles. The highest BCUT2D eigenvalue weighted by Gasteiger charge is 2.34. The molecule has 0 radical (unpaired) electrons. The zero-order chi connectivity index (χ0) is 17.9. The van der Waals surface area contributed by atoms with E-state index in [4.69, 9.17) is 10.3 Å². The van der Waals surface area contributed by atoms with Gasteiger partial charge in [-0.05, 0) is 31.0 Å². The number of hydrogen-bond acceptors (Lipinski definition) is 5. The van der Waals surface area contributed by atoms with Crippen molar-refractivity contribution in [2.24, 2.45) is 0 Å². The second-order valence-corrected chi connectivity index (χ2v) is 7.98. The predicted molar refractivity (Wildman–Crippen MR) is 76.7 cm³/mol. The maximum absolute atomic E-state index is 12.7. The molecule has 7 nitrogen and oxygen atoms in total. The minimum atomic E-state index is -4.79. The molecule has 0 aromatic heterocycles. The van der Waals surface area contributed by atoms with Crippen molar-refractivity contribution in [3.8, 4) is 0 Å². The number of hydrogen-bond donors (Lipinski definition) is 3. The summed E-state index contributed by atoms with van der Waals surface area (Å²) in [6.07, 6.45) is -4.71. The van der Waals surface area contributed by atoms with Gasteiger partial charge >= 0.3 is 6.18 Å². The topological polar surface area (TPSA) is 127 Å². The Morgan fingerprint density at radius 2 is 1.74 bits per heavy atom. The molecule has 1 rings (SSSR count). The first-order valence-electron chi connectivity index (χ1n) is 6.24. The van der Waals surface area contributed by atoms with Gasteiger partial charge in [0, 0.05) is 12.2 Å². The molecule has 0 amide bonds. The number of benzene rings is 1. The summed E-state index contributed by atoms with van der Waals surface area (Å²) >= 11 is 0. The predicted octanol–water partition coefficient (Wildman–Crippen LogP) is 1.23. The van der Waals surface area contributed by atoms with Gasteiger partial charge in [0.2, 0.25) is 10.0 Å². The second-order valence-electron chi connectivity index (χ2n) is 4.64. The molecule has 0 spiro atoms. The Morgan fingerprint density at radius 3 is 2.26 bits per heavy atom. The number of nitrogens with one attached hydrogen (secondary N) is 1. The van der Waals surface area contributed by atoms with Crippen LogP contribution in [0.1, 0.15) is 18.4 Å². The highest BCUT2D eigenvalue weighted by atomic mass is 32.2. The van der Waals surface area contributed by atoms with Crippen LogP contribution in [0.25, 0.3) is 0 Å². The summed E-state index contributed by atoms with van der Waals surface area (Å²) in [5, 5.41) is 0. The van der Waals surface area contributed by atoms with Gasteiger partial charge in [0.25, 0.3) is 10.1 Å². The normalized spacial score (nSPS) is 13.2. The van der Waals surface area contributed by atoms with E-state index < -0.39 is 48.2 Å². The SMILES string of the molecule is Nc1ccc(S(=O)(=O)NCCCCS(=O)(=O)O)cc1C(F)(F)F. The summed E-state index contributed by atoms with van der Waals surface area (Å²) in [6, 6.07) is 2.21. The van der Waals surface area contributed by atoms with E-state index in [-0.39, 0.29) is 19.4 Å². The molecule has 12 heteroatoms. The third kappa shape index (κ3) is 6.33.